The van der Waals surface area contributed by atoms with Crippen LogP contribution in [0.4, 0.5) is 0 Å². The van der Waals surface area contributed by atoms with Gasteiger partial charge < -0.3 is 0 Å². The molecular weight excluding hydrogens is 236 g/mol. The summed E-state index contributed by atoms with van der Waals surface area (Å²) in [5.41, 5.74) is 2.61. The monoisotopic (exact) mass is 244 g/mol. The Morgan fingerprint density at radius 1 is 1.06 bits per heavy atom. The van der Waals surface area contributed by atoms with Crippen LogP contribution < -0.4 is 0 Å². The van der Waals surface area contributed by atoms with Crippen LogP contribution in [0.3, 0.4) is 0 Å². The number of aromatic nitrogens is 4. The molecule has 0 bridgehead atoms. The number of benzene rings is 1. The number of hydrogen-bond acceptors (Lipinski definition) is 3. The zero-order valence-corrected chi connectivity index (χ0v) is 9.67. The molecule has 5 heteroatoms. The largest absolute Gasteiger partial charge is 0.232 e. The Morgan fingerprint density at radius 2 is 1.94 bits per heavy atom. The van der Waals surface area contributed by atoms with Crippen LogP contribution in [-0.2, 0) is 5.88 Å². The Labute approximate surface area is 103 Å². The predicted molar refractivity (Wildman–Crippen MR) is 66.2 cm³/mol. The van der Waals surface area contributed by atoms with E-state index in [0.29, 0.717) is 5.88 Å². The molecule has 3 aromatic rings. The maximum atomic E-state index is 5.77. The summed E-state index contributed by atoms with van der Waals surface area (Å²) < 4.78 is 1.71. The Hall–Kier alpha value is -1.94. The fourth-order valence-corrected chi connectivity index (χ4v) is 1.85. The van der Waals surface area contributed by atoms with Gasteiger partial charge in [-0.1, -0.05) is 23.4 Å². The second-order valence-electron chi connectivity index (χ2n) is 3.61. The number of hydrogen-bond donors (Lipinski definition) is 0. The maximum Gasteiger partial charge on any atom is 0.156 e. The molecule has 17 heavy (non-hydrogen) atoms. The Kier molecular flexibility index (Phi) is 2.49. The first-order chi connectivity index (χ1) is 8.38. The highest BCUT2D eigenvalue weighted by Crippen LogP contribution is 2.14. The summed E-state index contributed by atoms with van der Waals surface area (Å²) in [4.78, 5) is 4.41. The zero-order valence-electron chi connectivity index (χ0n) is 8.92. The van der Waals surface area contributed by atoms with Crippen LogP contribution in [0.1, 0.15) is 5.69 Å². The van der Waals surface area contributed by atoms with Crippen molar-refractivity contribution in [3.05, 3.63) is 48.2 Å². The standard InChI is InChI=1S/C12H9ClN4/c13-8-9-4-3-7-12(14-9)17-11-6-2-1-5-10(11)15-16-17/h1-7H,8H2. The first kappa shape index (κ1) is 10.2. The van der Waals surface area contributed by atoms with E-state index in [-0.39, 0.29) is 0 Å². The van der Waals surface area contributed by atoms with E-state index in [0.717, 1.165) is 22.5 Å². The number of fused-ring (bicyclic) bond motifs is 1. The summed E-state index contributed by atoms with van der Waals surface area (Å²) in [6, 6.07) is 13.5. The minimum absolute atomic E-state index is 0.389. The molecule has 0 saturated carbocycles. The van der Waals surface area contributed by atoms with Crippen molar-refractivity contribution < 1.29 is 0 Å². The summed E-state index contributed by atoms with van der Waals surface area (Å²) in [6.07, 6.45) is 0. The summed E-state index contributed by atoms with van der Waals surface area (Å²) in [5, 5.41) is 8.19. The first-order valence-corrected chi connectivity index (χ1v) is 5.74. The molecule has 0 aliphatic carbocycles. The second-order valence-corrected chi connectivity index (χ2v) is 3.88. The van der Waals surface area contributed by atoms with Crippen molar-refractivity contribution in [1.29, 1.82) is 0 Å². The van der Waals surface area contributed by atoms with Gasteiger partial charge in [0.25, 0.3) is 0 Å². The van der Waals surface area contributed by atoms with Crippen molar-refractivity contribution in [2.75, 3.05) is 0 Å². The molecule has 84 valence electrons. The van der Waals surface area contributed by atoms with Gasteiger partial charge in [0.05, 0.1) is 17.1 Å². The minimum Gasteiger partial charge on any atom is -0.232 e. The molecule has 2 aromatic heterocycles. The van der Waals surface area contributed by atoms with E-state index in [9.17, 15) is 0 Å². The topological polar surface area (TPSA) is 43.6 Å². The normalized spacial score (nSPS) is 10.9. The molecule has 0 N–H and O–H groups in total. The van der Waals surface area contributed by atoms with Gasteiger partial charge in [-0.3, -0.25) is 0 Å². The predicted octanol–water partition coefficient (Wildman–Crippen LogP) is 2.55. The maximum absolute atomic E-state index is 5.77. The zero-order chi connectivity index (χ0) is 11.7. The number of para-hydroxylation sites is 1. The SMILES string of the molecule is ClCc1cccc(-n2nnc3ccccc32)n1. The second kappa shape index (κ2) is 4.14. The van der Waals surface area contributed by atoms with Crippen molar-refractivity contribution in [3.8, 4) is 5.82 Å². The molecule has 0 aliphatic heterocycles. The van der Waals surface area contributed by atoms with E-state index < -0.39 is 0 Å². The van der Waals surface area contributed by atoms with E-state index >= 15 is 0 Å². The van der Waals surface area contributed by atoms with E-state index in [1.807, 2.05) is 42.5 Å². The summed E-state index contributed by atoms with van der Waals surface area (Å²) in [5.74, 6) is 1.12. The van der Waals surface area contributed by atoms with Gasteiger partial charge in [-0.2, -0.15) is 4.68 Å². The summed E-state index contributed by atoms with van der Waals surface area (Å²) in [6.45, 7) is 0. The molecular formula is C12H9ClN4. The van der Waals surface area contributed by atoms with Crippen LogP contribution in [0.5, 0.6) is 0 Å². The molecule has 1 aromatic carbocycles. The minimum atomic E-state index is 0.389. The van der Waals surface area contributed by atoms with E-state index in [4.69, 9.17) is 11.6 Å². The van der Waals surface area contributed by atoms with Crippen molar-refractivity contribution in [1.82, 2.24) is 20.0 Å². The van der Waals surface area contributed by atoms with Crippen LogP contribution in [-0.4, -0.2) is 20.0 Å². The van der Waals surface area contributed by atoms with Gasteiger partial charge in [-0.05, 0) is 24.3 Å². The van der Waals surface area contributed by atoms with Gasteiger partial charge in [-0.25, -0.2) is 4.98 Å². The van der Waals surface area contributed by atoms with Crippen molar-refractivity contribution in [3.63, 3.8) is 0 Å². The van der Waals surface area contributed by atoms with Crippen molar-refractivity contribution in [2.45, 2.75) is 5.88 Å². The number of halogens is 1. The molecule has 0 radical (unpaired) electrons. The smallest absolute Gasteiger partial charge is 0.156 e. The van der Waals surface area contributed by atoms with E-state index in [1.165, 1.54) is 0 Å². The molecule has 0 aliphatic rings. The third kappa shape index (κ3) is 1.76. The molecule has 0 atom stereocenters. The molecule has 0 saturated heterocycles. The van der Waals surface area contributed by atoms with E-state index in [2.05, 4.69) is 15.3 Å². The number of rotatable bonds is 2. The van der Waals surface area contributed by atoms with Crippen LogP contribution >= 0.6 is 11.6 Å². The Balaban J connectivity index is 2.20. The van der Waals surface area contributed by atoms with Gasteiger partial charge in [0.15, 0.2) is 5.82 Å². The highest BCUT2D eigenvalue weighted by atomic mass is 35.5. The van der Waals surface area contributed by atoms with Crippen LogP contribution in [0.2, 0.25) is 0 Å². The molecule has 2 heterocycles. The summed E-state index contributed by atoms with van der Waals surface area (Å²) >= 11 is 5.77. The van der Waals surface area contributed by atoms with E-state index in [1.54, 1.807) is 4.68 Å². The lowest BCUT2D eigenvalue weighted by Gasteiger charge is -2.02. The molecule has 4 nitrogen and oxygen atoms in total. The van der Waals surface area contributed by atoms with Gasteiger partial charge in [0, 0.05) is 0 Å². The lowest BCUT2D eigenvalue weighted by molar-refractivity contribution is 0.797. The van der Waals surface area contributed by atoms with Crippen molar-refractivity contribution in [2.24, 2.45) is 0 Å². The van der Waals surface area contributed by atoms with Gasteiger partial charge in [0.1, 0.15) is 5.52 Å². The molecule has 3 rings (SSSR count). The van der Waals surface area contributed by atoms with Gasteiger partial charge >= 0.3 is 0 Å². The van der Waals surface area contributed by atoms with Crippen LogP contribution in [0.15, 0.2) is 42.5 Å². The van der Waals surface area contributed by atoms with Gasteiger partial charge in [0.2, 0.25) is 0 Å². The third-order valence-corrected chi connectivity index (χ3v) is 2.77. The lowest BCUT2D eigenvalue weighted by atomic mass is 10.3. The molecule has 0 unspecified atom stereocenters. The summed E-state index contributed by atoms with van der Waals surface area (Å²) in [7, 11) is 0. The fraction of sp³-hybridized carbons (Fsp3) is 0.0833. The number of nitrogens with zero attached hydrogens (tertiary/aromatic N) is 4. The lowest BCUT2D eigenvalue weighted by Crippen LogP contribution is -2.01. The third-order valence-electron chi connectivity index (χ3n) is 2.50. The van der Waals surface area contributed by atoms with Crippen molar-refractivity contribution >= 4 is 22.6 Å². The first-order valence-electron chi connectivity index (χ1n) is 5.21. The fourth-order valence-electron chi connectivity index (χ4n) is 1.70. The number of pyridine rings is 1. The number of alkyl halides is 1. The Bertz CT molecular complexity index is 662. The average Bonchev–Trinajstić information content (AvgIpc) is 2.82. The van der Waals surface area contributed by atoms with Crippen LogP contribution in [0.25, 0.3) is 16.9 Å². The molecule has 0 amide bonds. The highest BCUT2D eigenvalue weighted by Gasteiger charge is 2.06. The molecule has 0 spiro atoms. The Morgan fingerprint density at radius 3 is 2.82 bits per heavy atom. The molecule has 0 fully saturated rings. The average molecular weight is 245 g/mol. The highest BCUT2D eigenvalue weighted by molar-refractivity contribution is 6.16. The quantitative estimate of drug-likeness (QED) is 0.651. The van der Waals surface area contributed by atoms with Crippen LogP contribution in [0, 0.1) is 0 Å². The van der Waals surface area contributed by atoms with Gasteiger partial charge in [-0.15, -0.1) is 16.7 Å².